The van der Waals surface area contributed by atoms with E-state index in [1.54, 1.807) is 14.0 Å². The summed E-state index contributed by atoms with van der Waals surface area (Å²) in [5.41, 5.74) is 6.42. The van der Waals surface area contributed by atoms with Gasteiger partial charge in [0.2, 0.25) is 5.95 Å². The van der Waals surface area contributed by atoms with Gasteiger partial charge in [0.25, 0.3) is 0 Å². The van der Waals surface area contributed by atoms with E-state index in [1.165, 1.54) is 6.20 Å². The lowest BCUT2D eigenvalue weighted by Gasteiger charge is -2.13. The molecule has 0 aliphatic rings. The Kier molecular flexibility index (Phi) is 8.22. The summed E-state index contributed by atoms with van der Waals surface area (Å²) < 4.78 is 10.3. The quantitative estimate of drug-likeness (QED) is 0.266. The molecule has 0 unspecified atom stereocenters. The third-order valence-corrected chi connectivity index (χ3v) is 3.70. The van der Waals surface area contributed by atoms with Gasteiger partial charge in [-0.2, -0.15) is 4.98 Å². The minimum absolute atomic E-state index is 0.249. The second kappa shape index (κ2) is 10.9. The largest absolute Gasteiger partial charge is 0.497 e. The van der Waals surface area contributed by atoms with E-state index in [9.17, 15) is 4.79 Å². The molecule has 0 saturated carbocycles. The fourth-order valence-corrected chi connectivity index (χ4v) is 2.37. The maximum Gasteiger partial charge on any atom is 0.343 e. The normalized spacial score (nSPS) is 10.1. The molecule has 1 aromatic carbocycles. The van der Waals surface area contributed by atoms with Crippen molar-refractivity contribution in [2.75, 3.05) is 37.4 Å². The lowest BCUT2D eigenvalue weighted by Crippen LogP contribution is -2.30. The van der Waals surface area contributed by atoms with Crippen molar-refractivity contribution in [2.45, 2.75) is 13.3 Å². The Balaban J connectivity index is 2.13. The average Bonchev–Trinajstić information content (AvgIpc) is 2.68. The van der Waals surface area contributed by atoms with E-state index in [0.29, 0.717) is 30.6 Å². The molecule has 0 spiro atoms. The molecular weight excluding hydrogens is 380 g/mol. The molecule has 0 saturated heterocycles. The van der Waals surface area contributed by atoms with Crippen molar-refractivity contribution in [3.8, 4) is 5.75 Å². The van der Waals surface area contributed by atoms with Crippen LogP contribution in [0.4, 0.5) is 17.5 Å². The summed E-state index contributed by atoms with van der Waals surface area (Å²) in [5.74, 6) is 0.940. The highest BCUT2D eigenvalue weighted by Gasteiger charge is 2.16. The van der Waals surface area contributed by atoms with Crippen LogP contribution >= 0.6 is 12.2 Å². The van der Waals surface area contributed by atoms with Gasteiger partial charge in [-0.15, -0.1) is 0 Å². The SMILES string of the molecule is CCOC(=O)c1cnc(Nc2cccc(OC)c2)nc1NCCCNC(N)=S. The molecule has 0 atom stereocenters. The van der Waals surface area contributed by atoms with Gasteiger partial charge in [-0.1, -0.05) is 6.07 Å². The third kappa shape index (κ3) is 6.54. The Morgan fingerprint density at radius 1 is 1.32 bits per heavy atom. The first-order valence-corrected chi connectivity index (χ1v) is 9.16. The Labute approximate surface area is 169 Å². The number of benzene rings is 1. The summed E-state index contributed by atoms with van der Waals surface area (Å²) in [6.07, 6.45) is 2.16. The molecule has 0 bridgehead atoms. The second-order valence-electron chi connectivity index (χ2n) is 5.60. The fraction of sp³-hybridized carbons (Fsp3) is 0.333. The number of carbonyl (C=O) groups excluding carboxylic acids is 1. The molecule has 0 radical (unpaired) electrons. The van der Waals surface area contributed by atoms with Gasteiger partial charge in [0.1, 0.15) is 17.1 Å². The molecule has 0 fully saturated rings. The van der Waals surface area contributed by atoms with E-state index in [-0.39, 0.29) is 17.3 Å². The van der Waals surface area contributed by atoms with Crippen LogP contribution in [-0.2, 0) is 4.74 Å². The van der Waals surface area contributed by atoms with Gasteiger partial charge in [0, 0.05) is 31.0 Å². The maximum absolute atomic E-state index is 12.2. The van der Waals surface area contributed by atoms with Crippen LogP contribution in [0.5, 0.6) is 5.75 Å². The van der Waals surface area contributed by atoms with E-state index in [0.717, 1.165) is 12.1 Å². The van der Waals surface area contributed by atoms with Crippen molar-refractivity contribution < 1.29 is 14.3 Å². The molecule has 28 heavy (non-hydrogen) atoms. The van der Waals surface area contributed by atoms with E-state index >= 15 is 0 Å². The molecule has 1 heterocycles. The number of nitrogens with two attached hydrogens (primary N) is 1. The van der Waals surface area contributed by atoms with Crippen LogP contribution in [0.3, 0.4) is 0 Å². The number of esters is 1. The second-order valence-corrected chi connectivity index (χ2v) is 6.04. The average molecular weight is 404 g/mol. The van der Waals surface area contributed by atoms with Crippen molar-refractivity contribution in [3.63, 3.8) is 0 Å². The summed E-state index contributed by atoms with van der Waals surface area (Å²) in [5, 5.41) is 9.34. The number of carbonyl (C=O) groups is 1. The van der Waals surface area contributed by atoms with Crippen molar-refractivity contribution in [1.82, 2.24) is 15.3 Å². The van der Waals surface area contributed by atoms with Crippen LogP contribution in [0.25, 0.3) is 0 Å². The topological polar surface area (TPSA) is 123 Å². The molecule has 2 aromatic rings. The zero-order valence-electron chi connectivity index (χ0n) is 15.8. The zero-order chi connectivity index (χ0) is 20.4. The number of nitrogens with one attached hydrogen (secondary N) is 3. The highest BCUT2D eigenvalue weighted by Crippen LogP contribution is 2.21. The molecular formula is C18H24N6O3S. The summed E-state index contributed by atoms with van der Waals surface area (Å²) in [6, 6.07) is 7.36. The van der Waals surface area contributed by atoms with Crippen LogP contribution in [0, 0.1) is 0 Å². The standard InChI is InChI=1S/C18H24N6O3S/c1-3-27-16(25)14-11-22-18(23-12-6-4-7-13(10-12)26-2)24-15(14)20-8-5-9-21-17(19)28/h4,6-7,10-11H,3,5,8-9H2,1-2H3,(H3,19,21,28)(H2,20,22,23,24). The van der Waals surface area contributed by atoms with Gasteiger partial charge in [0.15, 0.2) is 5.11 Å². The Hall–Kier alpha value is -3.14. The molecule has 150 valence electrons. The van der Waals surface area contributed by atoms with E-state index < -0.39 is 5.97 Å². The van der Waals surface area contributed by atoms with Crippen molar-refractivity contribution in [2.24, 2.45) is 5.73 Å². The molecule has 10 heteroatoms. The van der Waals surface area contributed by atoms with Crippen LogP contribution in [0.15, 0.2) is 30.5 Å². The first-order chi connectivity index (χ1) is 13.5. The monoisotopic (exact) mass is 404 g/mol. The number of methoxy groups -OCH3 is 1. The Bertz CT molecular complexity index is 818. The van der Waals surface area contributed by atoms with E-state index in [2.05, 4.69) is 25.9 Å². The number of anilines is 3. The summed E-state index contributed by atoms with van der Waals surface area (Å²) >= 11 is 4.77. The molecule has 9 nitrogen and oxygen atoms in total. The minimum Gasteiger partial charge on any atom is -0.497 e. The Morgan fingerprint density at radius 2 is 2.14 bits per heavy atom. The number of nitrogens with zero attached hydrogens (tertiary/aromatic N) is 2. The number of thiocarbonyl (C=S) groups is 1. The third-order valence-electron chi connectivity index (χ3n) is 3.56. The zero-order valence-corrected chi connectivity index (χ0v) is 16.6. The first kappa shape index (κ1) is 21.2. The van der Waals surface area contributed by atoms with Gasteiger partial charge in [-0.05, 0) is 37.7 Å². The predicted octanol–water partition coefficient (Wildman–Crippen LogP) is 2.04. The predicted molar refractivity (Wildman–Crippen MR) is 112 cm³/mol. The summed E-state index contributed by atoms with van der Waals surface area (Å²) in [6.45, 7) is 3.17. The molecule has 0 amide bonds. The Morgan fingerprint density at radius 3 is 2.86 bits per heavy atom. The van der Waals surface area contributed by atoms with Gasteiger partial charge >= 0.3 is 5.97 Å². The van der Waals surface area contributed by atoms with Crippen molar-refractivity contribution in [1.29, 1.82) is 0 Å². The molecule has 2 rings (SSSR count). The van der Waals surface area contributed by atoms with Crippen LogP contribution in [0.2, 0.25) is 0 Å². The van der Waals surface area contributed by atoms with Crippen LogP contribution in [-0.4, -0.2) is 47.9 Å². The van der Waals surface area contributed by atoms with Gasteiger partial charge in [0.05, 0.1) is 13.7 Å². The first-order valence-electron chi connectivity index (χ1n) is 8.76. The maximum atomic E-state index is 12.2. The molecule has 0 aliphatic carbocycles. The van der Waals surface area contributed by atoms with E-state index in [4.69, 9.17) is 27.4 Å². The lowest BCUT2D eigenvalue weighted by atomic mass is 10.3. The molecule has 5 N–H and O–H groups in total. The smallest absolute Gasteiger partial charge is 0.343 e. The number of rotatable bonds is 10. The number of aromatic nitrogens is 2. The van der Waals surface area contributed by atoms with Crippen LogP contribution < -0.4 is 26.4 Å². The molecule has 1 aromatic heterocycles. The van der Waals surface area contributed by atoms with Gasteiger partial charge < -0.3 is 31.2 Å². The number of hydrogen-bond donors (Lipinski definition) is 4. The van der Waals surface area contributed by atoms with Gasteiger partial charge in [-0.25, -0.2) is 9.78 Å². The highest BCUT2D eigenvalue weighted by atomic mass is 32.1. The summed E-state index contributed by atoms with van der Waals surface area (Å²) in [7, 11) is 1.60. The van der Waals surface area contributed by atoms with Crippen LogP contribution in [0.1, 0.15) is 23.7 Å². The number of hydrogen-bond acceptors (Lipinski definition) is 8. The fourth-order valence-electron chi connectivity index (χ4n) is 2.27. The van der Waals surface area contributed by atoms with E-state index in [1.807, 2.05) is 24.3 Å². The van der Waals surface area contributed by atoms with Crippen molar-refractivity contribution in [3.05, 3.63) is 36.0 Å². The lowest BCUT2D eigenvalue weighted by molar-refractivity contribution is 0.0526. The minimum atomic E-state index is -0.487. The summed E-state index contributed by atoms with van der Waals surface area (Å²) in [4.78, 5) is 20.8. The number of ether oxygens (including phenoxy) is 2. The van der Waals surface area contributed by atoms with Crippen molar-refractivity contribution >= 4 is 40.8 Å². The van der Waals surface area contributed by atoms with Gasteiger partial charge in [-0.3, -0.25) is 0 Å². The molecule has 0 aliphatic heterocycles. The highest BCUT2D eigenvalue weighted by molar-refractivity contribution is 7.80.